The number of hydrogen-bond donors (Lipinski definition) is 1. The maximum Gasteiger partial charge on any atom is 0.250 e. The summed E-state index contributed by atoms with van der Waals surface area (Å²) >= 11 is 1.24. The number of thioether (sulfide) groups is 1. The first-order valence-corrected chi connectivity index (χ1v) is 8.12. The van der Waals surface area contributed by atoms with Crippen molar-refractivity contribution in [3.63, 3.8) is 0 Å². The number of para-hydroxylation sites is 1. The molecule has 122 valence electrons. The highest BCUT2D eigenvalue weighted by molar-refractivity contribution is 7.99. The van der Waals surface area contributed by atoms with E-state index in [-0.39, 0.29) is 11.7 Å². The smallest absolute Gasteiger partial charge is 0.250 e. The number of benzene rings is 1. The number of aryl methyl sites for hydroxylation is 1. The van der Waals surface area contributed by atoms with E-state index in [9.17, 15) is 4.79 Å². The number of nitrogens with zero attached hydrogens (tertiary/aromatic N) is 6. The van der Waals surface area contributed by atoms with Gasteiger partial charge in [0.2, 0.25) is 5.16 Å². The zero-order valence-electron chi connectivity index (χ0n) is 12.9. The quantitative estimate of drug-likeness (QED) is 0.414. The van der Waals surface area contributed by atoms with Crippen molar-refractivity contribution < 1.29 is 4.79 Å². The highest BCUT2D eigenvalue weighted by Gasteiger charge is 2.10. The molecule has 0 saturated carbocycles. The van der Waals surface area contributed by atoms with Crippen LogP contribution < -0.4 is 5.43 Å². The normalized spacial score (nSPS) is 11.0. The largest absolute Gasteiger partial charge is 0.350 e. The molecule has 0 saturated heterocycles. The van der Waals surface area contributed by atoms with Gasteiger partial charge in [0.25, 0.3) is 5.91 Å². The lowest BCUT2D eigenvalue weighted by molar-refractivity contribution is -0.118. The van der Waals surface area contributed by atoms with Crippen molar-refractivity contribution in [3.8, 4) is 5.69 Å². The lowest BCUT2D eigenvalue weighted by Crippen LogP contribution is -2.20. The Morgan fingerprint density at radius 2 is 2.12 bits per heavy atom. The number of carbonyl (C=O) groups is 1. The maximum absolute atomic E-state index is 11.9. The van der Waals surface area contributed by atoms with E-state index in [0.717, 1.165) is 11.4 Å². The Labute approximate surface area is 142 Å². The van der Waals surface area contributed by atoms with Crippen molar-refractivity contribution in [1.29, 1.82) is 0 Å². The molecular weight excluding hydrogens is 326 g/mol. The van der Waals surface area contributed by atoms with Crippen LogP contribution in [0.15, 0.2) is 58.9 Å². The number of rotatable bonds is 6. The van der Waals surface area contributed by atoms with Crippen LogP contribution in [0.1, 0.15) is 5.69 Å². The summed E-state index contributed by atoms with van der Waals surface area (Å²) in [5.74, 6) is -0.0643. The van der Waals surface area contributed by atoms with Crippen LogP contribution in [0.3, 0.4) is 0 Å². The number of hydrazone groups is 1. The van der Waals surface area contributed by atoms with E-state index in [4.69, 9.17) is 0 Å². The molecule has 1 amide bonds. The number of hydrogen-bond acceptors (Lipinski definition) is 6. The third-order valence-electron chi connectivity index (χ3n) is 3.14. The van der Waals surface area contributed by atoms with E-state index in [0.29, 0.717) is 5.16 Å². The van der Waals surface area contributed by atoms with Crippen molar-refractivity contribution in [3.05, 3.63) is 54.4 Å². The topological polar surface area (TPSA) is 90.0 Å². The Kier molecular flexibility index (Phi) is 5.02. The summed E-state index contributed by atoms with van der Waals surface area (Å²) in [4.78, 5) is 11.9. The molecule has 9 heteroatoms. The second-order valence-electron chi connectivity index (χ2n) is 4.83. The summed E-state index contributed by atoms with van der Waals surface area (Å²) in [6.45, 7) is 0. The van der Waals surface area contributed by atoms with E-state index in [1.807, 2.05) is 60.3 Å². The van der Waals surface area contributed by atoms with Crippen molar-refractivity contribution in [2.75, 3.05) is 5.75 Å². The molecule has 3 rings (SSSR count). The van der Waals surface area contributed by atoms with Crippen LogP contribution >= 0.6 is 11.8 Å². The molecule has 0 unspecified atom stereocenters. The fraction of sp³-hybridized carbons (Fsp3) is 0.133. The van der Waals surface area contributed by atoms with Gasteiger partial charge in [-0.3, -0.25) is 4.79 Å². The monoisotopic (exact) mass is 341 g/mol. The third kappa shape index (κ3) is 3.87. The van der Waals surface area contributed by atoms with Gasteiger partial charge in [0.05, 0.1) is 23.3 Å². The molecule has 0 aliphatic rings. The molecule has 1 aromatic carbocycles. The van der Waals surface area contributed by atoms with Crippen LogP contribution in [0.5, 0.6) is 0 Å². The van der Waals surface area contributed by atoms with Crippen LogP contribution in [0, 0.1) is 0 Å². The Balaban J connectivity index is 1.55. The van der Waals surface area contributed by atoms with Gasteiger partial charge < -0.3 is 4.57 Å². The molecule has 0 fully saturated rings. The molecule has 1 N–H and O–H groups in total. The van der Waals surface area contributed by atoms with Gasteiger partial charge in [0.15, 0.2) is 0 Å². The van der Waals surface area contributed by atoms with E-state index in [1.165, 1.54) is 11.8 Å². The van der Waals surface area contributed by atoms with E-state index in [1.54, 1.807) is 10.9 Å². The first-order valence-electron chi connectivity index (χ1n) is 7.14. The van der Waals surface area contributed by atoms with Gasteiger partial charge in [-0.15, -0.1) is 5.10 Å². The lowest BCUT2D eigenvalue weighted by atomic mass is 10.3. The number of tetrazole rings is 1. The number of amides is 1. The maximum atomic E-state index is 11.9. The first-order chi connectivity index (χ1) is 11.7. The highest BCUT2D eigenvalue weighted by atomic mass is 32.2. The van der Waals surface area contributed by atoms with Gasteiger partial charge in [0, 0.05) is 13.2 Å². The Morgan fingerprint density at radius 3 is 2.88 bits per heavy atom. The summed E-state index contributed by atoms with van der Waals surface area (Å²) in [5.41, 5.74) is 4.23. The molecule has 0 spiro atoms. The lowest BCUT2D eigenvalue weighted by Gasteiger charge is -2.03. The van der Waals surface area contributed by atoms with Crippen LogP contribution in [0.25, 0.3) is 5.69 Å². The van der Waals surface area contributed by atoms with E-state index in [2.05, 4.69) is 26.1 Å². The average molecular weight is 341 g/mol. The SMILES string of the molecule is Cn1cccc1/C=N/NC(=O)CSc1nnnn1-c1ccccc1. The van der Waals surface area contributed by atoms with Crippen LogP contribution in [-0.2, 0) is 11.8 Å². The van der Waals surface area contributed by atoms with Crippen LogP contribution in [-0.4, -0.2) is 42.6 Å². The standard InChI is InChI=1S/C15H15N7OS/c1-21-9-5-8-13(21)10-16-17-14(23)11-24-15-18-19-20-22(15)12-6-3-2-4-7-12/h2-10H,11H2,1H3,(H,17,23)/b16-10+. The van der Waals surface area contributed by atoms with Gasteiger partial charge in [-0.1, -0.05) is 30.0 Å². The zero-order valence-corrected chi connectivity index (χ0v) is 13.7. The third-order valence-corrected chi connectivity index (χ3v) is 4.06. The molecule has 8 nitrogen and oxygen atoms in total. The van der Waals surface area contributed by atoms with Crippen molar-refractivity contribution in [2.45, 2.75) is 5.16 Å². The molecule has 0 aliphatic carbocycles. The second kappa shape index (κ2) is 7.55. The molecule has 24 heavy (non-hydrogen) atoms. The van der Waals surface area contributed by atoms with E-state index < -0.39 is 0 Å². The fourth-order valence-electron chi connectivity index (χ4n) is 1.94. The molecular formula is C15H15N7OS. The predicted octanol–water partition coefficient (Wildman–Crippen LogP) is 1.24. The summed E-state index contributed by atoms with van der Waals surface area (Å²) < 4.78 is 3.49. The average Bonchev–Trinajstić information content (AvgIpc) is 3.23. The van der Waals surface area contributed by atoms with Gasteiger partial charge in [-0.2, -0.15) is 9.78 Å². The van der Waals surface area contributed by atoms with Crippen LogP contribution in [0.2, 0.25) is 0 Å². The molecule has 3 aromatic rings. The Hall–Kier alpha value is -2.94. The summed E-state index contributed by atoms with van der Waals surface area (Å²) in [6, 6.07) is 13.3. The van der Waals surface area contributed by atoms with Gasteiger partial charge in [0.1, 0.15) is 0 Å². The minimum absolute atomic E-state index is 0.164. The Bertz CT molecular complexity index is 840. The van der Waals surface area contributed by atoms with E-state index >= 15 is 0 Å². The second-order valence-corrected chi connectivity index (χ2v) is 5.78. The minimum Gasteiger partial charge on any atom is -0.350 e. The van der Waals surface area contributed by atoms with Gasteiger partial charge in [-0.05, 0) is 34.7 Å². The molecule has 0 atom stereocenters. The van der Waals surface area contributed by atoms with Gasteiger partial charge in [-0.25, -0.2) is 5.43 Å². The fourth-order valence-corrected chi connectivity index (χ4v) is 2.62. The molecule has 0 radical (unpaired) electrons. The Morgan fingerprint density at radius 1 is 1.29 bits per heavy atom. The summed E-state index contributed by atoms with van der Waals surface area (Å²) in [6.07, 6.45) is 3.50. The minimum atomic E-state index is -0.229. The zero-order chi connectivity index (χ0) is 16.8. The molecule has 0 bridgehead atoms. The molecule has 0 aliphatic heterocycles. The van der Waals surface area contributed by atoms with Crippen molar-refractivity contribution in [2.24, 2.45) is 12.1 Å². The molecule has 2 heterocycles. The first kappa shape index (κ1) is 15.9. The van der Waals surface area contributed by atoms with Crippen molar-refractivity contribution >= 4 is 23.9 Å². The van der Waals surface area contributed by atoms with Gasteiger partial charge >= 0.3 is 0 Å². The molecule has 2 aromatic heterocycles. The number of nitrogens with one attached hydrogen (secondary N) is 1. The predicted molar refractivity (Wildman–Crippen MR) is 91.0 cm³/mol. The van der Waals surface area contributed by atoms with Crippen molar-refractivity contribution in [1.82, 2.24) is 30.2 Å². The summed E-state index contributed by atoms with van der Waals surface area (Å²) in [7, 11) is 1.91. The van der Waals surface area contributed by atoms with Crippen LogP contribution in [0.4, 0.5) is 0 Å². The number of carbonyl (C=O) groups excluding carboxylic acids is 1. The summed E-state index contributed by atoms with van der Waals surface area (Å²) in [5, 5.41) is 16.0. The highest BCUT2D eigenvalue weighted by Crippen LogP contribution is 2.17. The number of aromatic nitrogens is 5.